The first-order valence-electron chi connectivity index (χ1n) is 18.6. The lowest BCUT2D eigenvalue weighted by Gasteiger charge is -2.38. The number of halogens is 2. The Morgan fingerprint density at radius 1 is 0.771 bits per heavy atom. The van der Waals surface area contributed by atoms with Crippen LogP contribution in [0.1, 0.15) is 110 Å². The summed E-state index contributed by atoms with van der Waals surface area (Å²) in [4.78, 5) is 56.9. The maximum Gasteiger partial charge on any atom is 0.234 e. The summed E-state index contributed by atoms with van der Waals surface area (Å²) in [5, 5.41) is 16.0. The van der Waals surface area contributed by atoms with E-state index < -0.39 is 42.2 Å². The van der Waals surface area contributed by atoms with E-state index >= 15 is 0 Å². The fourth-order valence-electron chi connectivity index (χ4n) is 8.25. The number of likely N-dealkylation sites (N-methyl/N-ethyl adjacent to an activating group) is 1. The van der Waals surface area contributed by atoms with Gasteiger partial charge in [-0.2, -0.15) is 0 Å². The van der Waals surface area contributed by atoms with Gasteiger partial charge in [-0.1, -0.05) is 33.1 Å². The van der Waals surface area contributed by atoms with Crippen LogP contribution in [0.2, 0.25) is 0 Å². The smallest absolute Gasteiger partial charge is 0.234 e. The molecule has 3 N–H and O–H groups in total. The lowest BCUT2D eigenvalue weighted by Crippen LogP contribution is -2.54. The minimum Gasteiger partial charge on any atom is -0.390 e. The van der Waals surface area contributed by atoms with Crippen LogP contribution in [0.15, 0.2) is 0 Å². The summed E-state index contributed by atoms with van der Waals surface area (Å²) in [7, 11) is 4.99. The minimum absolute atomic E-state index is 0.00267. The molecule has 12 heteroatoms. The van der Waals surface area contributed by atoms with Gasteiger partial charge in [0.05, 0.1) is 12.1 Å². The van der Waals surface area contributed by atoms with Gasteiger partial charge in [-0.05, 0) is 76.0 Å². The van der Waals surface area contributed by atoms with Gasteiger partial charge in [0.1, 0.15) is 12.3 Å². The maximum atomic E-state index is 14.4. The number of aliphatic hydroxyl groups excluding tert-OH is 1. The summed E-state index contributed by atoms with van der Waals surface area (Å²) in [5.74, 6) is -2.35. The Morgan fingerprint density at radius 2 is 1.33 bits per heavy atom. The highest BCUT2D eigenvalue weighted by atomic mass is 19.1. The van der Waals surface area contributed by atoms with Crippen molar-refractivity contribution in [2.45, 2.75) is 135 Å². The fourth-order valence-corrected chi connectivity index (χ4v) is 8.25. The van der Waals surface area contributed by atoms with Crippen molar-refractivity contribution in [1.82, 2.24) is 25.6 Å². The number of hydrogen-bond acceptors (Lipinski definition) is 6. The molecule has 3 aliphatic rings. The number of rotatable bonds is 16. The van der Waals surface area contributed by atoms with Crippen molar-refractivity contribution in [2.24, 2.45) is 29.6 Å². The molecule has 0 spiro atoms. The largest absolute Gasteiger partial charge is 0.390 e. The van der Waals surface area contributed by atoms with E-state index in [0.29, 0.717) is 31.8 Å². The average molecular weight is 684 g/mol. The molecule has 3 fully saturated rings. The van der Waals surface area contributed by atoms with Crippen LogP contribution in [0, 0.1) is 29.6 Å². The topological polar surface area (TPSA) is 122 Å². The van der Waals surface area contributed by atoms with Gasteiger partial charge in [-0.3, -0.25) is 24.6 Å². The van der Waals surface area contributed by atoms with Gasteiger partial charge in [0.25, 0.3) is 0 Å². The molecule has 48 heavy (non-hydrogen) atoms. The molecule has 3 rings (SSSR count). The van der Waals surface area contributed by atoms with Gasteiger partial charge < -0.3 is 20.2 Å². The van der Waals surface area contributed by atoms with E-state index in [0.717, 1.165) is 38.5 Å². The number of carbonyl (C=O) groups is 4. The van der Waals surface area contributed by atoms with Crippen LogP contribution in [-0.2, 0) is 19.2 Å². The van der Waals surface area contributed by atoms with Crippen molar-refractivity contribution < 1.29 is 33.1 Å². The zero-order valence-corrected chi connectivity index (χ0v) is 30.1. The Bertz CT molecular complexity index is 1030. The van der Waals surface area contributed by atoms with Crippen LogP contribution in [0.3, 0.4) is 0 Å². The second-order valence-electron chi connectivity index (χ2n) is 15.2. The van der Waals surface area contributed by atoms with E-state index in [-0.39, 0.29) is 74.6 Å². The lowest BCUT2D eigenvalue weighted by atomic mass is 9.73. The Morgan fingerprint density at radius 3 is 1.90 bits per heavy atom. The first-order chi connectivity index (χ1) is 22.8. The van der Waals surface area contributed by atoms with Crippen LogP contribution in [-0.4, -0.2) is 109 Å². The van der Waals surface area contributed by atoms with Gasteiger partial charge in [-0.15, -0.1) is 0 Å². The first kappa shape index (κ1) is 40.1. The van der Waals surface area contributed by atoms with E-state index in [1.54, 1.807) is 21.1 Å². The molecule has 0 radical (unpaired) electrons. The SMILES string of the molecule is CCCN(CCC)C(=O)C1CC(C(=O)NC(CC2CC(F)CC(F)C2)C(O)CN(C)NC(=O)CC2CCCCC2)CC(C(=O)N(C)C)C1. The van der Waals surface area contributed by atoms with E-state index in [9.17, 15) is 33.1 Å². The molecule has 0 aromatic carbocycles. The molecule has 3 saturated carbocycles. The molecular weight excluding hydrogens is 620 g/mol. The number of amides is 4. The number of alkyl halides is 2. The Hall–Kier alpha value is -2.34. The molecule has 276 valence electrons. The molecule has 10 nitrogen and oxygen atoms in total. The average Bonchev–Trinajstić information content (AvgIpc) is 3.03. The molecule has 4 amide bonds. The molecule has 0 aliphatic heterocycles. The molecule has 7 unspecified atom stereocenters. The van der Waals surface area contributed by atoms with E-state index in [1.807, 2.05) is 18.7 Å². The zero-order valence-electron chi connectivity index (χ0n) is 30.1. The van der Waals surface area contributed by atoms with E-state index in [2.05, 4.69) is 10.7 Å². The van der Waals surface area contributed by atoms with E-state index in [4.69, 9.17) is 0 Å². The van der Waals surface area contributed by atoms with Gasteiger partial charge in [0.2, 0.25) is 23.6 Å². The molecular formula is C36H63F2N5O5. The van der Waals surface area contributed by atoms with Crippen molar-refractivity contribution in [3.63, 3.8) is 0 Å². The summed E-state index contributed by atoms with van der Waals surface area (Å²) in [6.07, 6.45) is 5.10. The third-order valence-electron chi connectivity index (χ3n) is 10.6. The van der Waals surface area contributed by atoms with Crippen molar-refractivity contribution >= 4 is 23.6 Å². The molecule has 0 bridgehead atoms. The Balaban J connectivity index is 1.75. The quantitative estimate of drug-likeness (QED) is 0.208. The predicted molar refractivity (Wildman–Crippen MR) is 182 cm³/mol. The van der Waals surface area contributed by atoms with Crippen LogP contribution in [0.25, 0.3) is 0 Å². The molecule has 0 aromatic rings. The highest BCUT2D eigenvalue weighted by Gasteiger charge is 2.42. The summed E-state index contributed by atoms with van der Waals surface area (Å²) >= 11 is 0. The summed E-state index contributed by atoms with van der Waals surface area (Å²) in [5.41, 5.74) is 2.84. The Kier molecular flexibility index (Phi) is 16.5. The third kappa shape index (κ3) is 12.5. The second-order valence-corrected chi connectivity index (χ2v) is 15.2. The highest BCUT2D eigenvalue weighted by Crippen LogP contribution is 2.37. The highest BCUT2D eigenvalue weighted by molar-refractivity contribution is 5.86. The van der Waals surface area contributed by atoms with Crippen molar-refractivity contribution in [2.75, 3.05) is 40.8 Å². The second kappa shape index (κ2) is 19.7. The Labute approximate surface area is 287 Å². The van der Waals surface area contributed by atoms with Gasteiger partial charge in [0.15, 0.2) is 0 Å². The monoisotopic (exact) mass is 683 g/mol. The number of nitrogens with one attached hydrogen (secondary N) is 2. The van der Waals surface area contributed by atoms with Crippen LogP contribution in [0.4, 0.5) is 8.78 Å². The summed E-state index contributed by atoms with van der Waals surface area (Å²) < 4.78 is 28.8. The van der Waals surface area contributed by atoms with Crippen LogP contribution >= 0.6 is 0 Å². The van der Waals surface area contributed by atoms with Gasteiger partial charge in [0, 0.05) is 71.4 Å². The normalized spacial score (nSPS) is 27.9. The van der Waals surface area contributed by atoms with Crippen molar-refractivity contribution in [1.29, 1.82) is 0 Å². The molecule has 3 aliphatic carbocycles. The van der Waals surface area contributed by atoms with Crippen LogP contribution in [0.5, 0.6) is 0 Å². The molecule has 0 aromatic heterocycles. The lowest BCUT2D eigenvalue weighted by molar-refractivity contribution is -0.143. The van der Waals surface area contributed by atoms with Crippen molar-refractivity contribution in [3.8, 4) is 0 Å². The molecule has 7 atom stereocenters. The van der Waals surface area contributed by atoms with Gasteiger partial charge >= 0.3 is 0 Å². The summed E-state index contributed by atoms with van der Waals surface area (Å²) in [6, 6.07) is -0.839. The molecule has 0 heterocycles. The zero-order chi connectivity index (χ0) is 35.4. The predicted octanol–water partition coefficient (Wildman–Crippen LogP) is 4.40. The first-order valence-corrected chi connectivity index (χ1v) is 18.6. The minimum atomic E-state index is -1.29. The number of hydrogen-bond donors (Lipinski definition) is 3. The number of hydrazine groups is 1. The van der Waals surface area contributed by atoms with E-state index in [1.165, 1.54) is 16.3 Å². The fraction of sp³-hybridized carbons (Fsp3) is 0.889. The number of carbonyl (C=O) groups excluding carboxylic acids is 4. The van der Waals surface area contributed by atoms with Crippen molar-refractivity contribution in [3.05, 3.63) is 0 Å². The van der Waals surface area contributed by atoms with Crippen LogP contribution < -0.4 is 10.7 Å². The third-order valence-corrected chi connectivity index (χ3v) is 10.6. The maximum absolute atomic E-state index is 14.4. The molecule has 0 saturated heterocycles. The van der Waals surface area contributed by atoms with Gasteiger partial charge in [-0.25, -0.2) is 13.8 Å². The number of nitrogens with zero attached hydrogens (tertiary/aromatic N) is 3. The number of aliphatic hydroxyl groups is 1. The summed E-state index contributed by atoms with van der Waals surface area (Å²) in [6.45, 7) is 5.25. The standard InChI is InChI=1S/C36H63F2N5O5/c1-6-13-43(14-7-2)36(48)28-20-26(19-27(21-28)35(47)41(3)4)34(46)39-31(17-25-15-29(37)22-30(38)16-25)32(44)23-42(5)40-33(45)18-24-11-9-8-10-12-24/h24-32,44H,6-23H2,1-5H3,(H,39,46)(H,40,45).